The molecule has 3 fully saturated rings. The SMILES string of the molecule is CCN=C(NC1CC(C)(OC)C1(C)C)N1CCC(CN2CCCC2)C1. The smallest absolute Gasteiger partial charge is 0.194 e. The Morgan fingerprint density at radius 3 is 2.52 bits per heavy atom. The van der Waals surface area contributed by atoms with Gasteiger partial charge >= 0.3 is 0 Å². The van der Waals surface area contributed by atoms with E-state index in [1.807, 2.05) is 7.11 Å². The first-order chi connectivity index (χ1) is 11.9. The van der Waals surface area contributed by atoms with Crippen LogP contribution in [0, 0.1) is 11.3 Å². The average molecular weight is 351 g/mol. The van der Waals surface area contributed by atoms with Gasteiger partial charge in [-0.2, -0.15) is 0 Å². The highest BCUT2D eigenvalue weighted by molar-refractivity contribution is 5.81. The molecule has 5 heteroatoms. The fourth-order valence-electron chi connectivity index (χ4n) is 4.77. The Hall–Kier alpha value is -0.810. The Bertz CT molecular complexity index is 486. The van der Waals surface area contributed by atoms with Crippen molar-refractivity contribution in [1.29, 1.82) is 0 Å². The van der Waals surface area contributed by atoms with Crippen molar-refractivity contribution in [3.63, 3.8) is 0 Å². The third-order valence-corrected chi connectivity index (χ3v) is 7.19. The summed E-state index contributed by atoms with van der Waals surface area (Å²) in [7, 11) is 1.84. The number of likely N-dealkylation sites (tertiary alicyclic amines) is 2. The number of aliphatic imine (C=N–C) groups is 1. The first-order valence-electron chi connectivity index (χ1n) is 10.2. The van der Waals surface area contributed by atoms with Gasteiger partial charge in [-0.15, -0.1) is 0 Å². The number of nitrogens with zero attached hydrogens (tertiary/aromatic N) is 3. The van der Waals surface area contributed by atoms with Crippen LogP contribution in [0.2, 0.25) is 0 Å². The molecule has 1 N–H and O–H groups in total. The number of hydrogen-bond donors (Lipinski definition) is 1. The minimum absolute atomic E-state index is 0.0364. The first kappa shape index (κ1) is 19.0. The molecular formula is C20H38N4O. The van der Waals surface area contributed by atoms with Gasteiger partial charge in [-0.05, 0) is 58.5 Å². The predicted octanol–water partition coefficient (Wildman–Crippen LogP) is 2.57. The van der Waals surface area contributed by atoms with Crippen LogP contribution in [0.1, 0.15) is 53.4 Å². The lowest BCUT2D eigenvalue weighted by Gasteiger charge is -2.59. The van der Waals surface area contributed by atoms with E-state index in [2.05, 4.69) is 42.8 Å². The fourth-order valence-corrected chi connectivity index (χ4v) is 4.77. The lowest BCUT2D eigenvalue weighted by Crippen LogP contribution is -2.69. The summed E-state index contributed by atoms with van der Waals surface area (Å²) in [6.07, 6.45) is 5.11. The standard InChI is InChI=1S/C20H38N4O/c1-6-21-18(22-17-13-20(4,25-5)19(17,2)3)24-12-9-16(15-24)14-23-10-7-8-11-23/h16-17H,6-15H2,1-5H3,(H,21,22). The van der Waals surface area contributed by atoms with Crippen LogP contribution in [0.4, 0.5) is 0 Å². The van der Waals surface area contributed by atoms with Crippen LogP contribution < -0.4 is 5.32 Å². The molecule has 2 aliphatic heterocycles. The van der Waals surface area contributed by atoms with Crippen molar-refractivity contribution in [1.82, 2.24) is 15.1 Å². The highest BCUT2D eigenvalue weighted by Gasteiger charge is 2.58. The molecule has 1 aliphatic carbocycles. The van der Waals surface area contributed by atoms with E-state index in [1.165, 1.54) is 38.9 Å². The van der Waals surface area contributed by atoms with Gasteiger partial charge in [0.05, 0.1) is 5.60 Å². The maximum absolute atomic E-state index is 5.78. The second kappa shape index (κ2) is 7.43. The number of methoxy groups -OCH3 is 1. The molecule has 1 saturated carbocycles. The molecule has 3 rings (SSSR count). The van der Waals surface area contributed by atoms with Crippen LogP contribution in [0.15, 0.2) is 4.99 Å². The summed E-state index contributed by atoms with van der Waals surface area (Å²) in [5.74, 6) is 1.91. The summed E-state index contributed by atoms with van der Waals surface area (Å²) < 4.78 is 5.78. The monoisotopic (exact) mass is 350 g/mol. The second-order valence-electron chi connectivity index (χ2n) is 8.96. The maximum atomic E-state index is 5.78. The minimum atomic E-state index is -0.0364. The summed E-state index contributed by atoms with van der Waals surface area (Å²) in [5.41, 5.74) is 0.0796. The van der Waals surface area contributed by atoms with E-state index in [0.29, 0.717) is 6.04 Å². The van der Waals surface area contributed by atoms with Gasteiger partial charge < -0.3 is 19.9 Å². The van der Waals surface area contributed by atoms with Crippen molar-refractivity contribution < 1.29 is 4.74 Å². The number of ether oxygens (including phenoxy) is 1. The van der Waals surface area contributed by atoms with Crippen LogP contribution in [0.5, 0.6) is 0 Å². The van der Waals surface area contributed by atoms with Gasteiger partial charge in [0.25, 0.3) is 0 Å². The highest BCUT2D eigenvalue weighted by Crippen LogP contribution is 2.51. The molecule has 3 unspecified atom stereocenters. The van der Waals surface area contributed by atoms with Gasteiger partial charge in [-0.25, -0.2) is 0 Å². The van der Waals surface area contributed by atoms with E-state index in [4.69, 9.17) is 9.73 Å². The third-order valence-electron chi connectivity index (χ3n) is 7.19. The molecule has 2 saturated heterocycles. The van der Waals surface area contributed by atoms with E-state index >= 15 is 0 Å². The van der Waals surface area contributed by atoms with Gasteiger partial charge in [0.15, 0.2) is 5.96 Å². The summed E-state index contributed by atoms with van der Waals surface area (Å²) in [4.78, 5) is 9.95. The van der Waals surface area contributed by atoms with Crippen LogP contribution in [-0.4, -0.2) is 73.8 Å². The Labute approximate surface area is 154 Å². The summed E-state index contributed by atoms with van der Waals surface area (Å²) in [5, 5.41) is 3.77. The molecule has 0 bridgehead atoms. The minimum Gasteiger partial charge on any atom is -0.378 e. The Kier molecular flexibility index (Phi) is 5.64. The van der Waals surface area contributed by atoms with Crippen molar-refractivity contribution in [3.05, 3.63) is 0 Å². The molecule has 3 aliphatic rings. The lowest BCUT2D eigenvalue weighted by molar-refractivity contribution is -0.176. The molecule has 144 valence electrons. The average Bonchev–Trinajstić information content (AvgIpc) is 3.26. The fraction of sp³-hybridized carbons (Fsp3) is 0.950. The Morgan fingerprint density at radius 2 is 1.92 bits per heavy atom. The maximum Gasteiger partial charge on any atom is 0.194 e. The first-order valence-corrected chi connectivity index (χ1v) is 10.2. The van der Waals surface area contributed by atoms with E-state index in [9.17, 15) is 0 Å². The number of nitrogens with one attached hydrogen (secondary N) is 1. The summed E-state index contributed by atoms with van der Waals surface area (Å²) in [6.45, 7) is 16.0. The molecule has 0 radical (unpaired) electrons. The number of hydrogen-bond acceptors (Lipinski definition) is 3. The van der Waals surface area contributed by atoms with Crippen molar-refractivity contribution in [2.75, 3.05) is 46.4 Å². The van der Waals surface area contributed by atoms with Gasteiger partial charge in [0, 0.05) is 44.7 Å². The largest absolute Gasteiger partial charge is 0.378 e. The zero-order chi connectivity index (χ0) is 18.1. The van der Waals surface area contributed by atoms with Gasteiger partial charge in [0.1, 0.15) is 0 Å². The van der Waals surface area contributed by atoms with E-state index < -0.39 is 0 Å². The van der Waals surface area contributed by atoms with Crippen LogP contribution in [0.3, 0.4) is 0 Å². The van der Waals surface area contributed by atoms with Crippen molar-refractivity contribution in [3.8, 4) is 0 Å². The number of guanidine groups is 1. The molecule has 3 atom stereocenters. The molecule has 0 amide bonds. The van der Waals surface area contributed by atoms with Gasteiger partial charge in [-0.3, -0.25) is 4.99 Å². The highest BCUT2D eigenvalue weighted by atomic mass is 16.5. The lowest BCUT2D eigenvalue weighted by atomic mass is 9.56. The Morgan fingerprint density at radius 1 is 1.20 bits per heavy atom. The zero-order valence-corrected chi connectivity index (χ0v) is 17.0. The second-order valence-corrected chi connectivity index (χ2v) is 8.96. The molecule has 0 spiro atoms. The Balaban J connectivity index is 1.56. The number of rotatable bonds is 5. The molecule has 0 aromatic heterocycles. The van der Waals surface area contributed by atoms with E-state index in [0.717, 1.165) is 37.9 Å². The predicted molar refractivity (Wildman–Crippen MR) is 104 cm³/mol. The molecule has 25 heavy (non-hydrogen) atoms. The van der Waals surface area contributed by atoms with Crippen LogP contribution in [-0.2, 0) is 4.74 Å². The molecular weight excluding hydrogens is 312 g/mol. The van der Waals surface area contributed by atoms with E-state index in [1.54, 1.807) is 0 Å². The molecule has 5 nitrogen and oxygen atoms in total. The summed E-state index contributed by atoms with van der Waals surface area (Å²) in [6, 6.07) is 0.431. The van der Waals surface area contributed by atoms with Crippen molar-refractivity contribution >= 4 is 5.96 Å². The zero-order valence-electron chi connectivity index (χ0n) is 17.0. The summed E-state index contributed by atoms with van der Waals surface area (Å²) >= 11 is 0. The quantitative estimate of drug-likeness (QED) is 0.611. The molecule has 0 aromatic rings. The molecule has 0 aromatic carbocycles. The third kappa shape index (κ3) is 3.68. The topological polar surface area (TPSA) is 40.1 Å². The normalized spacial score (nSPS) is 35.9. The van der Waals surface area contributed by atoms with E-state index in [-0.39, 0.29) is 11.0 Å². The van der Waals surface area contributed by atoms with Gasteiger partial charge in [-0.1, -0.05) is 13.8 Å². The van der Waals surface area contributed by atoms with Crippen molar-refractivity contribution in [2.45, 2.75) is 65.0 Å². The van der Waals surface area contributed by atoms with Gasteiger partial charge in [0.2, 0.25) is 0 Å². The van der Waals surface area contributed by atoms with Crippen molar-refractivity contribution in [2.24, 2.45) is 16.3 Å². The molecule has 2 heterocycles. The van der Waals surface area contributed by atoms with Crippen LogP contribution >= 0.6 is 0 Å². The van der Waals surface area contributed by atoms with Crippen LogP contribution in [0.25, 0.3) is 0 Å².